The number of rotatable bonds is 3. The van der Waals surface area contributed by atoms with Gasteiger partial charge in [0.05, 0.1) is 12.0 Å². The summed E-state index contributed by atoms with van der Waals surface area (Å²) in [4.78, 5) is 15.5. The van der Waals surface area contributed by atoms with Crippen LogP contribution in [0.3, 0.4) is 0 Å². The van der Waals surface area contributed by atoms with Gasteiger partial charge >= 0.3 is 0 Å². The number of methoxy groups -OCH3 is 1. The van der Waals surface area contributed by atoms with Crippen molar-refractivity contribution in [1.82, 2.24) is 10.2 Å². The molecule has 21 heavy (non-hydrogen) atoms. The van der Waals surface area contributed by atoms with Crippen molar-refractivity contribution in [3.05, 3.63) is 28.6 Å². The highest BCUT2D eigenvalue weighted by Gasteiger charge is 2.26. The lowest BCUT2D eigenvalue weighted by Crippen LogP contribution is -2.38. The molecule has 0 spiro atoms. The second-order valence-electron chi connectivity index (χ2n) is 5.48. The molecule has 1 saturated heterocycles. The van der Waals surface area contributed by atoms with E-state index in [1.165, 1.54) is 0 Å². The molecule has 0 aliphatic carbocycles. The fourth-order valence-electron chi connectivity index (χ4n) is 2.83. The number of aryl methyl sites for hydroxylation is 1. The number of carbonyl (C=O) groups is 1. The van der Waals surface area contributed by atoms with Crippen molar-refractivity contribution in [1.29, 1.82) is 0 Å². The van der Waals surface area contributed by atoms with Crippen LogP contribution in [0.5, 0.6) is 5.75 Å². The van der Waals surface area contributed by atoms with E-state index in [0.717, 1.165) is 45.8 Å². The van der Waals surface area contributed by atoms with Crippen LogP contribution < -0.4 is 10.1 Å². The molecular formula is C16H20N2O2S. The number of thiophene rings is 1. The zero-order chi connectivity index (χ0) is 15.0. The van der Waals surface area contributed by atoms with Crippen LogP contribution in [0.15, 0.2) is 18.2 Å². The minimum absolute atomic E-state index is 0.126. The smallest absolute Gasteiger partial charge is 0.264 e. The van der Waals surface area contributed by atoms with Crippen LogP contribution in [-0.2, 0) is 0 Å². The highest BCUT2D eigenvalue weighted by molar-refractivity contribution is 7.21. The molecule has 1 N–H and O–H groups in total. The standard InChI is InChI=1S/C16H20N2O2S/c1-10-13-8-12(20-3)4-5-14(13)21-15(10)16(19)18(2)11-6-7-17-9-11/h4-5,8,11,17H,6-7,9H2,1-3H3/t11-/m1/s1. The molecule has 3 rings (SSSR count). The predicted molar refractivity (Wildman–Crippen MR) is 86.5 cm³/mol. The lowest BCUT2D eigenvalue weighted by molar-refractivity contribution is 0.0748. The van der Waals surface area contributed by atoms with E-state index in [2.05, 4.69) is 5.32 Å². The predicted octanol–water partition coefficient (Wildman–Crippen LogP) is 2.65. The Labute approximate surface area is 128 Å². The fourth-order valence-corrected chi connectivity index (χ4v) is 4.00. The summed E-state index contributed by atoms with van der Waals surface area (Å²) in [5, 5.41) is 4.42. The topological polar surface area (TPSA) is 41.6 Å². The fraction of sp³-hybridized carbons (Fsp3) is 0.438. The second kappa shape index (κ2) is 5.66. The molecule has 0 saturated carbocycles. The van der Waals surface area contributed by atoms with Gasteiger partial charge in [-0.1, -0.05) is 0 Å². The van der Waals surface area contributed by atoms with E-state index >= 15 is 0 Å². The molecule has 1 amide bonds. The molecule has 4 nitrogen and oxygen atoms in total. The Kier molecular flexibility index (Phi) is 3.87. The van der Waals surface area contributed by atoms with Crippen molar-refractivity contribution >= 4 is 27.3 Å². The monoisotopic (exact) mass is 304 g/mol. The SMILES string of the molecule is COc1ccc2sc(C(=O)N(C)[C@@H]3CCNC3)c(C)c2c1. The second-order valence-corrected chi connectivity index (χ2v) is 6.53. The Bertz CT molecular complexity index is 674. The van der Waals surface area contributed by atoms with Gasteiger partial charge in [-0.2, -0.15) is 0 Å². The lowest BCUT2D eigenvalue weighted by atomic mass is 10.1. The maximum Gasteiger partial charge on any atom is 0.264 e. The molecule has 2 heterocycles. The van der Waals surface area contributed by atoms with Gasteiger partial charge in [0.1, 0.15) is 5.75 Å². The van der Waals surface area contributed by atoms with Gasteiger partial charge in [-0.05, 0) is 49.0 Å². The van der Waals surface area contributed by atoms with Gasteiger partial charge in [-0.25, -0.2) is 0 Å². The first kappa shape index (κ1) is 14.4. The van der Waals surface area contributed by atoms with Crippen molar-refractivity contribution in [3.63, 3.8) is 0 Å². The Balaban J connectivity index is 1.96. The number of hydrogen-bond donors (Lipinski definition) is 1. The molecule has 0 bridgehead atoms. The first-order valence-electron chi connectivity index (χ1n) is 7.17. The van der Waals surface area contributed by atoms with Gasteiger partial charge in [0, 0.05) is 24.3 Å². The average Bonchev–Trinajstić information content (AvgIpc) is 3.14. The molecular weight excluding hydrogens is 284 g/mol. The number of ether oxygens (including phenoxy) is 1. The number of nitrogens with zero attached hydrogens (tertiary/aromatic N) is 1. The first-order valence-corrected chi connectivity index (χ1v) is 7.98. The highest BCUT2D eigenvalue weighted by atomic mass is 32.1. The van der Waals surface area contributed by atoms with E-state index in [1.807, 2.05) is 37.1 Å². The number of hydrogen-bond acceptors (Lipinski definition) is 4. The van der Waals surface area contributed by atoms with Gasteiger partial charge in [0.15, 0.2) is 0 Å². The molecule has 5 heteroatoms. The van der Waals surface area contributed by atoms with E-state index in [9.17, 15) is 4.79 Å². The number of carbonyl (C=O) groups excluding carboxylic acids is 1. The Morgan fingerprint density at radius 2 is 2.29 bits per heavy atom. The van der Waals surface area contributed by atoms with Crippen molar-refractivity contribution in [2.45, 2.75) is 19.4 Å². The van der Waals surface area contributed by atoms with Crippen molar-refractivity contribution in [2.24, 2.45) is 0 Å². The Morgan fingerprint density at radius 3 is 2.95 bits per heavy atom. The summed E-state index contributed by atoms with van der Waals surface area (Å²) in [6.45, 7) is 3.90. The molecule has 1 aromatic heterocycles. The maximum atomic E-state index is 12.8. The van der Waals surface area contributed by atoms with E-state index in [0.29, 0.717) is 6.04 Å². The molecule has 2 aromatic rings. The average molecular weight is 304 g/mol. The largest absolute Gasteiger partial charge is 0.497 e. The quantitative estimate of drug-likeness (QED) is 0.948. The maximum absolute atomic E-state index is 12.8. The molecule has 1 fully saturated rings. The molecule has 112 valence electrons. The summed E-state index contributed by atoms with van der Waals surface area (Å²) in [5.41, 5.74) is 1.05. The van der Waals surface area contributed by atoms with Gasteiger partial charge in [0.25, 0.3) is 5.91 Å². The summed E-state index contributed by atoms with van der Waals surface area (Å²) < 4.78 is 6.41. The first-order chi connectivity index (χ1) is 10.1. The normalized spacial score (nSPS) is 18.1. The summed E-state index contributed by atoms with van der Waals surface area (Å²) in [7, 11) is 3.57. The number of fused-ring (bicyclic) bond motifs is 1. The van der Waals surface area contributed by atoms with E-state index in [4.69, 9.17) is 4.74 Å². The number of benzene rings is 1. The van der Waals surface area contributed by atoms with E-state index < -0.39 is 0 Å². The van der Waals surface area contributed by atoms with Crippen LogP contribution in [0.2, 0.25) is 0 Å². The third kappa shape index (κ3) is 2.51. The van der Waals surface area contributed by atoms with E-state index in [-0.39, 0.29) is 5.91 Å². The van der Waals surface area contributed by atoms with Crippen LogP contribution in [0.1, 0.15) is 21.7 Å². The van der Waals surface area contributed by atoms with Gasteiger partial charge in [-0.3, -0.25) is 4.79 Å². The Morgan fingerprint density at radius 1 is 1.48 bits per heavy atom. The van der Waals surface area contributed by atoms with E-state index in [1.54, 1.807) is 18.4 Å². The molecule has 0 radical (unpaired) electrons. The van der Waals surface area contributed by atoms with Crippen LogP contribution in [0.4, 0.5) is 0 Å². The van der Waals surface area contributed by atoms with Gasteiger partial charge < -0.3 is 15.0 Å². The molecule has 1 aliphatic heterocycles. The van der Waals surface area contributed by atoms with Crippen LogP contribution in [0.25, 0.3) is 10.1 Å². The summed E-state index contributed by atoms with van der Waals surface area (Å²) >= 11 is 1.57. The summed E-state index contributed by atoms with van der Waals surface area (Å²) in [5.74, 6) is 0.956. The lowest BCUT2D eigenvalue weighted by Gasteiger charge is -2.23. The minimum Gasteiger partial charge on any atom is -0.497 e. The van der Waals surface area contributed by atoms with Crippen LogP contribution in [-0.4, -0.2) is 44.1 Å². The zero-order valence-electron chi connectivity index (χ0n) is 12.6. The van der Waals surface area contributed by atoms with Crippen LogP contribution >= 0.6 is 11.3 Å². The molecule has 1 atom stereocenters. The molecule has 0 unspecified atom stereocenters. The number of amides is 1. The van der Waals surface area contributed by atoms with Gasteiger partial charge in [-0.15, -0.1) is 11.3 Å². The molecule has 1 aromatic carbocycles. The van der Waals surface area contributed by atoms with Crippen molar-refractivity contribution < 1.29 is 9.53 Å². The number of likely N-dealkylation sites (N-methyl/N-ethyl adjacent to an activating group) is 1. The summed E-state index contributed by atoms with van der Waals surface area (Å²) in [6.07, 6.45) is 1.03. The minimum atomic E-state index is 0.126. The molecule has 1 aliphatic rings. The summed E-state index contributed by atoms with van der Waals surface area (Å²) in [6, 6.07) is 6.28. The number of nitrogens with one attached hydrogen (secondary N) is 1. The third-order valence-electron chi connectivity index (χ3n) is 4.24. The Hall–Kier alpha value is -1.59. The van der Waals surface area contributed by atoms with Crippen LogP contribution in [0, 0.1) is 6.92 Å². The van der Waals surface area contributed by atoms with Crippen molar-refractivity contribution in [3.8, 4) is 5.75 Å². The van der Waals surface area contributed by atoms with Gasteiger partial charge in [0.2, 0.25) is 0 Å². The van der Waals surface area contributed by atoms with Crippen molar-refractivity contribution in [2.75, 3.05) is 27.2 Å². The third-order valence-corrected chi connectivity index (χ3v) is 5.50. The highest BCUT2D eigenvalue weighted by Crippen LogP contribution is 2.34. The zero-order valence-corrected chi connectivity index (χ0v) is 13.4.